The van der Waals surface area contributed by atoms with E-state index < -0.39 is 0 Å². The molecule has 1 unspecified atom stereocenters. The number of aryl methyl sites for hydroxylation is 1. The lowest BCUT2D eigenvalue weighted by Crippen LogP contribution is -2.41. The maximum Gasteiger partial charge on any atom is 0.150 e. The maximum absolute atomic E-state index is 4.45. The molecule has 4 heteroatoms. The molecule has 0 amide bonds. The van der Waals surface area contributed by atoms with Crippen LogP contribution in [-0.2, 0) is 13.0 Å². The number of fused-ring (bicyclic) bond motifs is 1. The minimum Gasteiger partial charge on any atom is -0.312 e. The van der Waals surface area contributed by atoms with Crippen LogP contribution < -0.4 is 5.32 Å². The van der Waals surface area contributed by atoms with Gasteiger partial charge in [0.05, 0.1) is 6.04 Å². The third kappa shape index (κ3) is 3.35. The average molecular weight is 264 g/mol. The fourth-order valence-electron chi connectivity index (χ4n) is 2.81. The Labute approximate surface area is 117 Å². The van der Waals surface area contributed by atoms with Gasteiger partial charge >= 0.3 is 0 Å². The summed E-state index contributed by atoms with van der Waals surface area (Å²) in [4.78, 5) is 0. The predicted octanol–water partition coefficient (Wildman–Crippen LogP) is 3.09. The van der Waals surface area contributed by atoms with E-state index in [0.717, 1.165) is 25.3 Å². The van der Waals surface area contributed by atoms with Gasteiger partial charge in [-0.15, -0.1) is 10.2 Å². The van der Waals surface area contributed by atoms with Crippen LogP contribution >= 0.6 is 0 Å². The summed E-state index contributed by atoms with van der Waals surface area (Å²) in [6.45, 7) is 11.1. The molecule has 0 fully saturated rings. The van der Waals surface area contributed by atoms with Crippen LogP contribution in [0.25, 0.3) is 0 Å². The van der Waals surface area contributed by atoms with Gasteiger partial charge in [-0.25, -0.2) is 0 Å². The molecule has 0 bridgehead atoms. The van der Waals surface area contributed by atoms with E-state index in [-0.39, 0.29) is 5.41 Å². The van der Waals surface area contributed by atoms with Gasteiger partial charge in [0, 0.05) is 19.5 Å². The van der Waals surface area contributed by atoms with E-state index in [1.54, 1.807) is 0 Å². The number of hydrogen-bond acceptors (Lipinski definition) is 3. The zero-order chi connectivity index (χ0) is 13.9. The average Bonchev–Trinajstić information content (AvgIpc) is 2.76. The minimum absolute atomic E-state index is 0.185. The largest absolute Gasteiger partial charge is 0.312 e. The van der Waals surface area contributed by atoms with Crippen molar-refractivity contribution >= 4 is 0 Å². The third-order valence-electron chi connectivity index (χ3n) is 3.92. The fourth-order valence-corrected chi connectivity index (χ4v) is 2.81. The summed E-state index contributed by atoms with van der Waals surface area (Å²) in [7, 11) is 0. The van der Waals surface area contributed by atoms with Gasteiger partial charge in [-0.2, -0.15) is 0 Å². The van der Waals surface area contributed by atoms with Gasteiger partial charge in [-0.1, -0.05) is 47.0 Å². The first-order chi connectivity index (χ1) is 9.04. The molecule has 4 nitrogen and oxygen atoms in total. The summed E-state index contributed by atoms with van der Waals surface area (Å²) in [5.41, 5.74) is 0.185. The number of hydrogen-bond donors (Lipinski definition) is 1. The molecule has 1 aliphatic rings. The van der Waals surface area contributed by atoms with Crippen molar-refractivity contribution in [2.45, 2.75) is 72.4 Å². The first kappa shape index (κ1) is 14.5. The molecular weight excluding hydrogens is 236 g/mol. The van der Waals surface area contributed by atoms with Crippen LogP contribution in [0, 0.1) is 5.41 Å². The van der Waals surface area contributed by atoms with Crippen molar-refractivity contribution in [1.82, 2.24) is 20.1 Å². The molecule has 0 saturated carbocycles. The number of nitrogens with one attached hydrogen (secondary N) is 1. The standard InChI is InChI=1S/C15H28N4/c1-5-6-7-8-9-12-17-18-14-13(15(2,3)4)16-10-11-19(12)14/h13,16H,5-11H2,1-4H3. The molecule has 0 aliphatic carbocycles. The monoisotopic (exact) mass is 264 g/mol. The number of unbranched alkanes of at least 4 members (excludes halogenated alkanes) is 3. The molecule has 19 heavy (non-hydrogen) atoms. The molecule has 1 aromatic heterocycles. The van der Waals surface area contributed by atoms with Crippen molar-refractivity contribution in [2.24, 2.45) is 5.41 Å². The predicted molar refractivity (Wildman–Crippen MR) is 78.1 cm³/mol. The topological polar surface area (TPSA) is 42.7 Å². The Morgan fingerprint density at radius 2 is 2.00 bits per heavy atom. The smallest absolute Gasteiger partial charge is 0.150 e. The van der Waals surface area contributed by atoms with E-state index in [1.165, 1.54) is 31.5 Å². The molecular formula is C15H28N4. The van der Waals surface area contributed by atoms with E-state index in [9.17, 15) is 0 Å². The van der Waals surface area contributed by atoms with E-state index in [1.807, 2.05) is 0 Å². The van der Waals surface area contributed by atoms with Crippen LogP contribution in [0.5, 0.6) is 0 Å². The normalized spacial score (nSPS) is 19.5. The lowest BCUT2D eigenvalue weighted by atomic mass is 9.85. The van der Waals surface area contributed by atoms with Crippen LogP contribution in [0.3, 0.4) is 0 Å². The molecule has 0 spiro atoms. The number of nitrogens with zero attached hydrogens (tertiary/aromatic N) is 3. The van der Waals surface area contributed by atoms with Crippen LogP contribution in [0.2, 0.25) is 0 Å². The summed E-state index contributed by atoms with van der Waals surface area (Å²) < 4.78 is 2.35. The number of rotatable bonds is 5. The quantitative estimate of drug-likeness (QED) is 0.831. The molecule has 108 valence electrons. The highest BCUT2D eigenvalue weighted by molar-refractivity contribution is 5.08. The zero-order valence-electron chi connectivity index (χ0n) is 12.9. The number of aromatic nitrogens is 3. The molecule has 0 saturated heterocycles. The second-order valence-electron chi connectivity index (χ2n) is 6.69. The zero-order valence-corrected chi connectivity index (χ0v) is 12.9. The highest BCUT2D eigenvalue weighted by atomic mass is 15.3. The molecule has 1 aromatic rings. The van der Waals surface area contributed by atoms with Gasteiger partial charge in [-0.05, 0) is 11.8 Å². The van der Waals surface area contributed by atoms with Crippen LogP contribution in [0.1, 0.15) is 71.1 Å². The second-order valence-corrected chi connectivity index (χ2v) is 6.69. The Kier molecular flexibility index (Phi) is 4.61. The first-order valence-electron chi connectivity index (χ1n) is 7.69. The van der Waals surface area contributed by atoms with Crippen molar-refractivity contribution in [3.63, 3.8) is 0 Å². The van der Waals surface area contributed by atoms with Crippen LogP contribution in [0.4, 0.5) is 0 Å². The molecule has 0 aromatic carbocycles. The van der Waals surface area contributed by atoms with E-state index in [4.69, 9.17) is 0 Å². The SMILES string of the molecule is CCCCCCc1nnc2n1CCNC2C(C)(C)C. The Morgan fingerprint density at radius 3 is 2.68 bits per heavy atom. The van der Waals surface area contributed by atoms with E-state index >= 15 is 0 Å². The lowest BCUT2D eigenvalue weighted by Gasteiger charge is -2.34. The summed E-state index contributed by atoms with van der Waals surface area (Å²) >= 11 is 0. The van der Waals surface area contributed by atoms with Gasteiger partial charge in [0.1, 0.15) is 5.82 Å². The van der Waals surface area contributed by atoms with Crippen LogP contribution in [0.15, 0.2) is 0 Å². The first-order valence-corrected chi connectivity index (χ1v) is 7.69. The van der Waals surface area contributed by atoms with Crippen LogP contribution in [-0.4, -0.2) is 21.3 Å². The highest BCUT2D eigenvalue weighted by Crippen LogP contribution is 2.33. The van der Waals surface area contributed by atoms with Crippen molar-refractivity contribution < 1.29 is 0 Å². The summed E-state index contributed by atoms with van der Waals surface area (Å²) in [6, 6.07) is 0.318. The van der Waals surface area contributed by atoms with Gasteiger partial charge < -0.3 is 9.88 Å². The van der Waals surface area contributed by atoms with Crippen molar-refractivity contribution in [3.05, 3.63) is 11.6 Å². The summed E-state index contributed by atoms with van der Waals surface area (Å²) in [6.07, 6.45) is 6.23. The third-order valence-corrected chi connectivity index (χ3v) is 3.92. The summed E-state index contributed by atoms with van der Waals surface area (Å²) in [5, 5.41) is 12.5. The minimum atomic E-state index is 0.185. The van der Waals surface area contributed by atoms with Gasteiger partial charge in [0.25, 0.3) is 0 Å². The fraction of sp³-hybridized carbons (Fsp3) is 0.867. The molecule has 2 heterocycles. The van der Waals surface area contributed by atoms with Gasteiger partial charge in [-0.3, -0.25) is 0 Å². The highest BCUT2D eigenvalue weighted by Gasteiger charge is 2.33. The Hall–Kier alpha value is -0.900. The lowest BCUT2D eigenvalue weighted by molar-refractivity contribution is 0.232. The molecule has 2 rings (SSSR count). The molecule has 1 aliphatic heterocycles. The Morgan fingerprint density at radius 1 is 1.21 bits per heavy atom. The molecule has 1 N–H and O–H groups in total. The summed E-state index contributed by atoms with van der Waals surface area (Å²) in [5.74, 6) is 2.31. The Balaban J connectivity index is 2.07. The second kappa shape index (κ2) is 6.04. The van der Waals surface area contributed by atoms with E-state index in [2.05, 4.69) is 47.8 Å². The van der Waals surface area contributed by atoms with Crippen molar-refractivity contribution in [1.29, 1.82) is 0 Å². The van der Waals surface area contributed by atoms with Crippen molar-refractivity contribution in [2.75, 3.05) is 6.54 Å². The van der Waals surface area contributed by atoms with Gasteiger partial charge in [0.15, 0.2) is 5.82 Å². The molecule has 0 radical (unpaired) electrons. The maximum atomic E-state index is 4.45. The molecule has 1 atom stereocenters. The Bertz CT molecular complexity index is 403. The van der Waals surface area contributed by atoms with E-state index in [0.29, 0.717) is 6.04 Å². The van der Waals surface area contributed by atoms with Gasteiger partial charge in [0.2, 0.25) is 0 Å². The van der Waals surface area contributed by atoms with Crippen molar-refractivity contribution in [3.8, 4) is 0 Å².